The first-order valence-electron chi connectivity index (χ1n) is 7.31. The molecule has 0 aliphatic heterocycles. The summed E-state index contributed by atoms with van der Waals surface area (Å²) in [6.45, 7) is 9.70. The third-order valence-corrected chi connectivity index (χ3v) is 3.18. The van der Waals surface area contributed by atoms with Gasteiger partial charge in [-0.15, -0.1) is 0 Å². The molecule has 0 fully saturated rings. The third kappa shape index (κ3) is 11.8. The maximum Gasteiger partial charge on any atom is 0.0217 e. The van der Waals surface area contributed by atoms with E-state index in [4.69, 9.17) is 0 Å². The van der Waals surface area contributed by atoms with Crippen LogP contribution in [-0.2, 0) is 0 Å². The van der Waals surface area contributed by atoms with E-state index in [9.17, 15) is 0 Å². The third-order valence-electron chi connectivity index (χ3n) is 3.18. The van der Waals surface area contributed by atoms with Gasteiger partial charge in [-0.05, 0) is 27.2 Å². The Morgan fingerprint density at radius 1 is 0.765 bits per heavy atom. The fourth-order valence-electron chi connectivity index (χ4n) is 1.67. The zero-order valence-electron chi connectivity index (χ0n) is 12.4. The van der Waals surface area contributed by atoms with E-state index in [1.165, 1.54) is 62.6 Å². The van der Waals surface area contributed by atoms with Gasteiger partial charge in [-0.3, -0.25) is 0 Å². The second-order valence-electron chi connectivity index (χ2n) is 5.15. The van der Waals surface area contributed by atoms with E-state index in [0.29, 0.717) is 0 Å². The predicted octanol–water partition coefficient (Wildman–Crippen LogP) is 4.54. The minimum Gasteiger partial charge on any atom is -0.326 e. The number of hydrogen-bond donors (Lipinski definition) is 2. The van der Waals surface area contributed by atoms with Crippen LogP contribution in [0.2, 0.25) is 0 Å². The molecule has 0 unspecified atom stereocenters. The smallest absolute Gasteiger partial charge is 0.0217 e. The molecular formula is C15H32N2. The summed E-state index contributed by atoms with van der Waals surface area (Å²) in [5.41, 5.74) is 9.08. The lowest BCUT2D eigenvalue weighted by atomic mass is 10.1. The standard InChI is InChI=1S/C15H32N2/c1-5-6-7-8-9-10-11-12-13-16-17-15(4)14(2)3/h16-17H,5-13H2,1-4H3. The highest BCUT2D eigenvalue weighted by atomic mass is 15.4. The minimum atomic E-state index is 1.07. The Kier molecular flexibility index (Phi) is 11.6. The molecule has 2 N–H and O–H groups in total. The SMILES string of the molecule is CCCCCCCCCCNNC(C)=C(C)C. The van der Waals surface area contributed by atoms with E-state index in [2.05, 4.69) is 38.5 Å². The summed E-state index contributed by atoms with van der Waals surface area (Å²) >= 11 is 0. The lowest BCUT2D eigenvalue weighted by Gasteiger charge is -2.09. The highest BCUT2D eigenvalue weighted by Gasteiger charge is 1.92. The van der Waals surface area contributed by atoms with Gasteiger partial charge in [0.2, 0.25) is 0 Å². The van der Waals surface area contributed by atoms with Crippen molar-refractivity contribution >= 4 is 0 Å². The Hall–Kier alpha value is -0.500. The highest BCUT2D eigenvalue weighted by Crippen LogP contribution is 2.07. The van der Waals surface area contributed by atoms with Crippen molar-refractivity contribution in [1.82, 2.24) is 10.9 Å². The number of hydrogen-bond acceptors (Lipinski definition) is 2. The van der Waals surface area contributed by atoms with Crippen LogP contribution in [-0.4, -0.2) is 6.54 Å². The molecule has 0 aromatic rings. The van der Waals surface area contributed by atoms with E-state index in [0.717, 1.165) is 6.54 Å². The summed E-state index contributed by atoms with van der Waals surface area (Å²) < 4.78 is 0. The van der Waals surface area contributed by atoms with Crippen LogP contribution < -0.4 is 10.9 Å². The lowest BCUT2D eigenvalue weighted by Crippen LogP contribution is -2.31. The molecule has 0 spiro atoms. The summed E-state index contributed by atoms with van der Waals surface area (Å²) in [6.07, 6.45) is 11.1. The van der Waals surface area contributed by atoms with Gasteiger partial charge in [0.1, 0.15) is 0 Å². The van der Waals surface area contributed by atoms with Crippen molar-refractivity contribution in [1.29, 1.82) is 0 Å². The Balaban J connectivity index is 3.11. The fourth-order valence-corrected chi connectivity index (χ4v) is 1.67. The van der Waals surface area contributed by atoms with E-state index >= 15 is 0 Å². The molecule has 0 rings (SSSR count). The van der Waals surface area contributed by atoms with Crippen LogP contribution in [0, 0.1) is 0 Å². The summed E-state index contributed by atoms with van der Waals surface area (Å²) in [5.74, 6) is 0. The van der Waals surface area contributed by atoms with Crippen molar-refractivity contribution in [3.8, 4) is 0 Å². The lowest BCUT2D eigenvalue weighted by molar-refractivity contribution is 0.529. The topological polar surface area (TPSA) is 24.1 Å². The van der Waals surface area contributed by atoms with Crippen LogP contribution in [0.25, 0.3) is 0 Å². The molecule has 0 heterocycles. The van der Waals surface area contributed by atoms with Crippen LogP contribution in [0.15, 0.2) is 11.3 Å². The molecule has 0 aliphatic carbocycles. The normalized spacial score (nSPS) is 10.4. The van der Waals surface area contributed by atoms with Gasteiger partial charge in [0, 0.05) is 12.2 Å². The quantitative estimate of drug-likeness (QED) is 0.409. The van der Waals surface area contributed by atoms with Crippen LogP contribution in [0.1, 0.15) is 79.1 Å². The first kappa shape index (κ1) is 16.5. The number of allylic oxidation sites excluding steroid dienone is 2. The molecule has 0 aromatic carbocycles. The maximum absolute atomic E-state index is 3.27. The molecule has 0 aliphatic rings. The van der Waals surface area contributed by atoms with Crippen LogP contribution >= 0.6 is 0 Å². The van der Waals surface area contributed by atoms with Gasteiger partial charge < -0.3 is 5.43 Å². The van der Waals surface area contributed by atoms with Gasteiger partial charge in [-0.2, -0.15) is 0 Å². The van der Waals surface area contributed by atoms with Crippen molar-refractivity contribution in [3.63, 3.8) is 0 Å². The maximum atomic E-state index is 3.27. The van der Waals surface area contributed by atoms with Gasteiger partial charge in [0.05, 0.1) is 0 Å². The van der Waals surface area contributed by atoms with E-state index in [-0.39, 0.29) is 0 Å². The molecule has 0 amide bonds. The average molecular weight is 240 g/mol. The Morgan fingerprint density at radius 3 is 1.82 bits per heavy atom. The van der Waals surface area contributed by atoms with Crippen LogP contribution in [0.3, 0.4) is 0 Å². The van der Waals surface area contributed by atoms with Crippen molar-refractivity contribution in [2.24, 2.45) is 0 Å². The van der Waals surface area contributed by atoms with Crippen molar-refractivity contribution in [2.45, 2.75) is 79.1 Å². The van der Waals surface area contributed by atoms with Crippen molar-refractivity contribution in [2.75, 3.05) is 6.54 Å². The number of unbranched alkanes of at least 4 members (excludes halogenated alkanes) is 7. The van der Waals surface area contributed by atoms with E-state index in [1.54, 1.807) is 0 Å². The van der Waals surface area contributed by atoms with Crippen LogP contribution in [0.4, 0.5) is 0 Å². The van der Waals surface area contributed by atoms with Gasteiger partial charge in [-0.1, -0.05) is 57.4 Å². The molecule has 0 aromatic heterocycles. The molecular weight excluding hydrogens is 208 g/mol. The molecule has 0 saturated carbocycles. The molecule has 17 heavy (non-hydrogen) atoms. The predicted molar refractivity (Wildman–Crippen MR) is 77.8 cm³/mol. The average Bonchev–Trinajstić information content (AvgIpc) is 2.31. The molecule has 0 atom stereocenters. The van der Waals surface area contributed by atoms with Gasteiger partial charge >= 0.3 is 0 Å². The van der Waals surface area contributed by atoms with Gasteiger partial charge in [-0.25, -0.2) is 5.43 Å². The molecule has 0 radical (unpaired) electrons. The zero-order valence-corrected chi connectivity index (χ0v) is 12.4. The number of hydrazine groups is 1. The first-order chi connectivity index (χ1) is 8.18. The van der Waals surface area contributed by atoms with Crippen molar-refractivity contribution < 1.29 is 0 Å². The minimum absolute atomic E-state index is 1.07. The van der Waals surface area contributed by atoms with Crippen LogP contribution in [0.5, 0.6) is 0 Å². The molecule has 102 valence electrons. The second kappa shape index (κ2) is 12.0. The highest BCUT2D eigenvalue weighted by molar-refractivity contribution is 5.03. The summed E-state index contributed by atoms with van der Waals surface area (Å²) in [4.78, 5) is 0. The fraction of sp³-hybridized carbons (Fsp3) is 0.867. The first-order valence-corrected chi connectivity index (χ1v) is 7.31. The zero-order chi connectivity index (χ0) is 12.9. The Bertz CT molecular complexity index is 193. The van der Waals surface area contributed by atoms with E-state index in [1.807, 2.05) is 0 Å². The molecule has 2 nitrogen and oxygen atoms in total. The monoisotopic (exact) mass is 240 g/mol. The summed E-state index contributed by atoms with van der Waals surface area (Å²) in [5, 5.41) is 0. The summed E-state index contributed by atoms with van der Waals surface area (Å²) in [7, 11) is 0. The summed E-state index contributed by atoms with van der Waals surface area (Å²) in [6, 6.07) is 0. The number of nitrogens with one attached hydrogen (secondary N) is 2. The molecule has 0 bridgehead atoms. The number of rotatable bonds is 11. The molecule has 2 heteroatoms. The molecule has 0 saturated heterocycles. The van der Waals surface area contributed by atoms with Gasteiger partial charge in [0.15, 0.2) is 0 Å². The van der Waals surface area contributed by atoms with E-state index < -0.39 is 0 Å². The van der Waals surface area contributed by atoms with Crippen molar-refractivity contribution in [3.05, 3.63) is 11.3 Å². The Morgan fingerprint density at radius 2 is 1.29 bits per heavy atom. The van der Waals surface area contributed by atoms with Gasteiger partial charge in [0.25, 0.3) is 0 Å². The Labute approximate surface area is 108 Å². The second-order valence-corrected chi connectivity index (χ2v) is 5.15. The largest absolute Gasteiger partial charge is 0.326 e.